The summed E-state index contributed by atoms with van der Waals surface area (Å²) in [5, 5.41) is 11.2. The van der Waals surface area contributed by atoms with Crippen LogP contribution in [0.1, 0.15) is 73.6 Å². The fourth-order valence-electron chi connectivity index (χ4n) is 7.22. The Morgan fingerprint density at radius 2 is 1.79 bits per heavy atom. The standard InChI is InChI=1S/C27H46O5Si/c1-9-33(10-2,11-3)32-27-13-12-23(30-7)24(25(29)31-8)21(27)16-20-22(28)17-19(18(4)5)26(20,6)14-15-27/h16,18-20,22,28H,9-15,17H2,1-8H3/t19-,20?,22+,26-,27?/m1/s1. The molecule has 0 bridgehead atoms. The van der Waals surface area contributed by atoms with E-state index in [1.54, 1.807) is 7.11 Å². The molecule has 0 aromatic rings. The van der Waals surface area contributed by atoms with Crippen molar-refractivity contribution in [3.63, 3.8) is 0 Å². The normalized spacial score (nSPS) is 34.5. The summed E-state index contributed by atoms with van der Waals surface area (Å²) in [6.07, 6.45) is 5.93. The van der Waals surface area contributed by atoms with E-state index in [1.807, 2.05) is 0 Å². The number of esters is 1. The van der Waals surface area contributed by atoms with E-state index in [9.17, 15) is 9.90 Å². The van der Waals surface area contributed by atoms with Gasteiger partial charge in [-0.2, -0.15) is 0 Å². The molecule has 5 atom stereocenters. The maximum Gasteiger partial charge on any atom is 0.341 e. The van der Waals surface area contributed by atoms with Gasteiger partial charge in [0.15, 0.2) is 8.32 Å². The largest absolute Gasteiger partial charge is 0.500 e. The quantitative estimate of drug-likeness (QED) is 0.343. The second kappa shape index (κ2) is 9.86. The Kier molecular flexibility index (Phi) is 7.92. The van der Waals surface area contributed by atoms with Crippen LogP contribution in [0.15, 0.2) is 23.0 Å². The van der Waals surface area contributed by atoms with E-state index in [0.717, 1.165) is 49.4 Å². The number of methoxy groups -OCH3 is 2. The lowest BCUT2D eigenvalue weighted by Crippen LogP contribution is -2.50. The third-order valence-electron chi connectivity index (χ3n) is 9.51. The van der Waals surface area contributed by atoms with Gasteiger partial charge in [-0.3, -0.25) is 0 Å². The van der Waals surface area contributed by atoms with E-state index in [2.05, 4.69) is 47.6 Å². The lowest BCUT2D eigenvalue weighted by atomic mass is 9.67. The molecule has 0 aliphatic heterocycles. The molecule has 3 aliphatic rings. The molecule has 6 heteroatoms. The molecule has 0 amide bonds. The van der Waals surface area contributed by atoms with Crippen molar-refractivity contribution in [1.29, 1.82) is 0 Å². The third kappa shape index (κ3) is 4.36. The zero-order valence-corrected chi connectivity index (χ0v) is 23.1. The number of carbonyl (C=O) groups excluding carboxylic acids is 1. The van der Waals surface area contributed by atoms with Crippen molar-refractivity contribution in [2.45, 2.75) is 103 Å². The Morgan fingerprint density at radius 3 is 2.30 bits per heavy atom. The number of rotatable bonds is 8. The molecule has 188 valence electrons. The van der Waals surface area contributed by atoms with Crippen LogP contribution < -0.4 is 0 Å². The van der Waals surface area contributed by atoms with Crippen LogP contribution in [0.2, 0.25) is 18.1 Å². The fraction of sp³-hybridized carbons (Fsp3) is 0.815. The first-order chi connectivity index (χ1) is 15.6. The van der Waals surface area contributed by atoms with Gasteiger partial charge in [0.05, 0.1) is 25.9 Å². The highest BCUT2D eigenvalue weighted by Crippen LogP contribution is 2.60. The summed E-state index contributed by atoms with van der Waals surface area (Å²) in [7, 11) is 1.08. The number of fused-ring (bicyclic) bond motifs is 2. The van der Waals surface area contributed by atoms with Crippen molar-refractivity contribution in [2.75, 3.05) is 14.2 Å². The van der Waals surface area contributed by atoms with Crippen LogP contribution in [0.3, 0.4) is 0 Å². The SMILES string of the molecule is CC[Si](CC)(CC)OC12CCC(OC)=C(C(=O)OC)C1=CC1[C@@H](O)C[C@H](C(C)C)[C@@]1(C)CC2. The monoisotopic (exact) mass is 478 g/mol. The van der Waals surface area contributed by atoms with Crippen LogP contribution in [0, 0.1) is 23.2 Å². The molecule has 0 spiro atoms. The molecular weight excluding hydrogens is 432 g/mol. The molecular formula is C27H46O5Si. The lowest BCUT2D eigenvalue weighted by molar-refractivity contribution is -0.136. The highest BCUT2D eigenvalue weighted by atomic mass is 28.4. The summed E-state index contributed by atoms with van der Waals surface area (Å²) in [5.74, 6) is 1.23. The van der Waals surface area contributed by atoms with Crippen LogP contribution in [-0.4, -0.2) is 45.3 Å². The molecule has 1 N–H and O–H groups in total. The average molecular weight is 479 g/mol. The van der Waals surface area contributed by atoms with Gasteiger partial charge in [-0.25, -0.2) is 4.79 Å². The first-order valence-electron chi connectivity index (χ1n) is 13.0. The summed E-state index contributed by atoms with van der Waals surface area (Å²) < 4.78 is 18.3. The summed E-state index contributed by atoms with van der Waals surface area (Å²) in [6.45, 7) is 13.7. The maximum atomic E-state index is 13.1. The third-order valence-corrected chi connectivity index (χ3v) is 14.2. The Morgan fingerprint density at radius 1 is 1.15 bits per heavy atom. The van der Waals surface area contributed by atoms with Crippen molar-refractivity contribution in [3.8, 4) is 0 Å². The van der Waals surface area contributed by atoms with E-state index >= 15 is 0 Å². The number of aliphatic hydroxyl groups excluding tert-OH is 1. The minimum atomic E-state index is -1.99. The molecule has 3 aliphatic carbocycles. The molecule has 0 aromatic carbocycles. The minimum absolute atomic E-state index is 0.0119. The van der Waals surface area contributed by atoms with Crippen molar-refractivity contribution >= 4 is 14.3 Å². The zero-order valence-electron chi connectivity index (χ0n) is 22.1. The van der Waals surface area contributed by atoms with Crippen molar-refractivity contribution in [3.05, 3.63) is 23.0 Å². The number of allylic oxidation sites excluding steroid dienone is 1. The topological polar surface area (TPSA) is 65.0 Å². The Balaban J connectivity index is 2.24. The zero-order chi connectivity index (χ0) is 24.6. The second-order valence-corrected chi connectivity index (χ2v) is 15.8. The molecule has 5 nitrogen and oxygen atoms in total. The molecule has 33 heavy (non-hydrogen) atoms. The number of carbonyl (C=O) groups is 1. The first-order valence-corrected chi connectivity index (χ1v) is 15.6. The van der Waals surface area contributed by atoms with E-state index in [1.165, 1.54) is 7.11 Å². The second-order valence-electron chi connectivity index (χ2n) is 11.1. The van der Waals surface area contributed by atoms with Crippen LogP contribution in [0.25, 0.3) is 0 Å². The Labute approximate surface area is 202 Å². The van der Waals surface area contributed by atoms with E-state index in [-0.39, 0.29) is 17.3 Å². The predicted octanol–water partition coefficient (Wildman–Crippen LogP) is 5.99. The van der Waals surface area contributed by atoms with Crippen LogP contribution in [0.5, 0.6) is 0 Å². The van der Waals surface area contributed by atoms with Gasteiger partial charge in [0, 0.05) is 12.3 Å². The van der Waals surface area contributed by atoms with Gasteiger partial charge in [0.1, 0.15) is 11.3 Å². The number of hydrogen-bond donors (Lipinski definition) is 1. The number of aliphatic hydroxyl groups is 1. The summed E-state index contributed by atoms with van der Waals surface area (Å²) in [5.41, 5.74) is 0.898. The van der Waals surface area contributed by atoms with Crippen molar-refractivity contribution in [2.24, 2.45) is 23.2 Å². The molecule has 0 heterocycles. The van der Waals surface area contributed by atoms with E-state index < -0.39 is 20.0 Å². The van der Waals surface area contributed by atoms with Gasteiger partial charge >= 0.3 is 5.97 Å². The van der Waals surface area contributed by atoms with Crippen LogP contribution >= 0.6 is 0 Å². The number of ether oxygens (including phenoxy) is 2. The molecule has 0 radical (unpaired) electrons. The molecule has 0 saturated heterocycles. The molecule has 1 saturated carbocycles. The highest BCUT2D eigenvalue weighted by Gasteiger charge is 2.57. The minimum Gasteiger partial charge on any atom is -0.500 e. The highest BCUT2D eigenvalue weighted by molar-refractivity contribution is 6.73. The van der Waals surface area contributed by atoms with Crippen molar-refractivity contribution < 1.29 is 23.8 Å². The van der Waals surface area contributed by atoms with E-state index in [4.69, 9.17) is 13.9 Å². The molecule has 1 fully saturated rings. The first kappa shape index (κ1) is 26.5. The van der Waals surface area contributed by atoms with Gasteiger partial charge in [0.2, 0.25) is 0 Å². The van der Waals surface area contributed by atoms with Gasteiger partial charge in [-0.05, 0) is 66.6 Å². The predicted molar refractivity (Wildman–Crippen MR) is 134 cm³/mol. The van der Waals surface area contributed by atoms with Crippen LogP contribution in [0.4, 0.5) is 0 Å². The van der Waals surface area contributed by atoms with E-state index in [0.29, 0.717) is 29.6 Å². The smallest absolute Gasteiger partial charge is 0.341 e. The van der Waals surface area contributed by atoms with Gasteiger partial charge in [-0.15, -0.1) is 0 Å². The van der Waals surface area contributed by atoms with Gasteiger partial charge in [-0.1, -0.05) is 47.6 Å². The van der Waals surface area contributed by atoms with Crippen molar-refractivity contribution in [1.82, 2.24) is 0 Å². The Bertz CT molecular complexity index is 790. The summed E-state index contributed by atoms with van der Waals surface area (Å²) in [6, 6.07) is 3.17. The molecule has 0 aromatic heterocycles. The fourth-order valence-corrected chi connectivity index (χ4v) is 10.3. The molecule has 2 unspecified atom stereocenters. The number of hydrogen-bond acceptors (Lipinski definition) is 5. The lowest BCUT2D eigenvalue weighted by Gasteiger charge is -2.47. The van der Waals surface area contributed by atoms with Gasteiger partial charge in [0.25, 0.3) is 0 Å². The average Bonchev–Trinajstić information content (AvgIpc) is 2.98. The summed E-state index contributed by atoms with van der Waals surface area (Å²) >= 11 is 0. The summed E-state index contributed by atoms with van der Waals surface area (Å²) in [4.78, 5) is 13.1. The Hall–Kier alpha value is -1.11. The van der Waals surface area contributed by atoms with Crippen LogP contribution in [-0.2, 0) is 18.7 Å². The van der Waals surface area contributed by atoms with Gasteiger partial charge < -0.3 is 19.0 Å². The molecule has 3 rings (SSSR count). The maximum absolute atomic E-state index is 13.1.